The second-order valence-corrected chi connectivity index (χ2v) is 8.31. The molecule has 2 aromatic heterocycles. The lowest BCUT2D eigenvalue weighted by Gasteiger charge is -2.27. The molecule has 0 spiro atoms. The molecule has 30 heavy (non-hydrogen) atoms. The Morgan fingerprint density at radius 2 is 2.03 bits per heavy atom. The minimum absolute atomic E-state index is 0.289. The number of benzene rings is 1. The van der Waals surface area contributed by atoms with Crippen molar-refractivity contribution in [1.82, 2.24) is 14.7 Å². The number of carbonyl (C=O) groups excluding carboxylic acids is 2. The normalized spacial score (nSPS) is 13.7. The van der Waals surface area contributed by atoms with Crippen molar-refractivity contribution >= 4 is 28.2 Å². The predicted molar refractivity (Wildman–Crippen MR) is 116 cm³/mol. The molecule has 1 N–H and O–H groups in total. The summed E-state index contributed by atoms with van der Waals surface area (Å²) >= 11 is 1.45. The number of carbonyl (C=O) groups is 2. The monoisotopic (exact) mass is 424 g/mol. The molecule has 0 unspecified atom stereocenters. The highest BCUT2D eigenvalue weighted by atomic mass is 32.1. The first-order chi connectivity index (χ1) is 14.5. The molecule has 3 heterocycles. The quantitative estimate of drug-likeness (QED) is 0.613. The zero-order valence-corrected chi connectivity index (χ0v) is 17.9. The van der Waals surface area contributed by atoms with Gasteiger partial charge in [-0.05, 0) is 30.5 Å². The van der Waals surface area contributed by atoms with Gasteiger partial charge in [-0.2, -0.15) is 5.10 Å². The van der Waals surface area contributed by atoms with Crippen molar-refractivity contribution in [2.45, 2.75) is 26.4 Å². The van der Waals surface area contributed by atoms with Crippen molar-refractivity contribution in [3.8, 4) is 0 Å². The fraction of sp³-hybridized carbons (Fsp3) is 0.318. The van der Waals surface area contributed by atoms with Gasteiger partial charge in [-0.15, -0.1) is 11.3 Å². The molecule has 1 aromatic carbocycles. The molecule has 3 aromatic rings. The van der Waals surface area contributed by atoms with E-state index in [1.165, 1.54) is 16.9 Å². The summed E-state index contributed by atoms with van der Waals surface area (Å²) in [6.45, 7) is 4.50. The Kier molecular flexibility index (Phi) is 5.96. The Balaban J connectivity index is 1.59. The van der Waals surface area contributed by atoms with Gasteiger partial charge in [0.2, 0.25) is 0 Å². The average Bonchev–Trinajstić information content (AvgIpc) is 3.32. The highest BCUT2D eigenvalue weighted by Crippen LogP contribution is 2.38. The fourth-order valence-corrected chi connectivity index (χ4v) is 4.92. The Labute approximate surface area is 179 Å². The van der Waals surface area contributed by atoms with E-state index in [0.717, 1.165) is 36.5 Å². The molecule has 156 valence electrons. The number of rotatable bonds is 6. The number of hydrogen-bond donors (Lipinski definition) is 1. The number of fused-ring (bicyclic) bond motifs is 1. The molecule has 8 heteroatoms. The third-order valence-corrected chi connectivity index (χ3v) is 6.17. The maximum atomic E-state index is 12.7. The topological polar surface area (TPSA) is 76.5 Å². The van der Waals surface area contributed by atoms with Crippen LogP contribution < -0.4 is 5.32 Å². The zero-order chi connectivity index (χ0) is 21.1. The predicted octanol–water partition coefficient (Wildman–Crippen LogP) is 3.47. The molecular formula is C22H24N4O3S. The number of amides is 1. The van der Waals surface area contributed by atoms with E-state index in [1.54, 1.807) is 30.9 Å². The maximum Gasteiger partial charge on any atom is 0.341 e. The molecule has 1 aliphatic heterocycles. The summed E-state index contributed by atoms with van der Waals surface area (Å²) in [5.74, 6) is -0.719. The van der Waals surface area contributed by atoms with E-state index in [0.29, 0.717) is 16.3 Å². The summed E-state index contributed by atoms with van der Waals surface area (Å²) in [5.41, 5.74) is 3.04. The summed E-state index contributed by atoms with van der Waals surface area (Å²) in [6, 6.07) is 12.0. The highest BCUT2D eigenvalue weighted by Gasteiger charge is 2.30. The first kappa shape index (κ1) is 20.3. The number of aryl methyl sites for hydroxylation is 1. The van der Waals surface area contributed by atoms with Gasteiger partial charge in [0, 0.05) is 37.8 Å². The average molecular weight is 425 g/mol. The van der Waals surface area contributed by atoms with Crippen LogP contribution in [0.1, 0.15) is 43.8 Å². The molecule has 1 aliphatic rings. The van der Waals surface area contributed by atoms with Crippen LogP contribution in [0.2, 0.25) is 0 Å². The van der Waals surface area contributed by atoms with Crippen molar-refractivity contribution in [1.29, 1.82) is 0 Å². The van der Waals surface area contributed by atoms with Gasteiger partial charge in [0.25, 0.3) is 5.91 Å². The number of aromatic nitrogens is 2. The molecule has 0 atom stereocenters. The van der Waals surface area contributed by atoms with E-state index < -0.39 is 0 Å². The van der Waals surface area contributed by atoms with E-state index in [2.05, 4.69) is 27.4 Å². The minimum Gasteiger partial charge on any atom is -0.462 e. The van der Waals surface area contributed by atoms with Crippen molar-refractivity contribution in [2.24, 2.45) is 7.05 Å². The smallest absolute Gasteiger partial charge is 0.341 e. The number of anilines is 1. The van der Waals surface area contributed by atoms with E-state index >= 15 is 0 Å². The van der Waals surface area contributed by atoms with Crippen LogP contribution in [0.25, 0.3) is 0 Å². The van der Waals surface area contributed by atoms with Gasteiger partial charge < -0.3 is 10.1 Å². The standard InChI is InChI=1S/C22H24N4O3S/c1-3-29-22(28)19-16-9-12-26(13-15-7-5-4-6-8-15)14-18(16)30-21(19)23-20(27)17-10-11-25(2)24-17/h4-8,10-11H,3,9,12-14H2,1-2H3,(H,23,27). The van der Waals surface area contributed by atoms with Gasteiger partial charge >= 0.3 is 5.97 Å². The molecule has 0 saturated carbocycles. The molecule has 7 nitrogen and oxygen atoms in total. The van der Waals surface area contributed by atoms with E-state index in [1.807, 2.05) is 18.2 Å². The molecule has 0 radical (unpaired) electrons. The first-order valence-electron chi connectivity index (χ1n) is 9.94. The van der Waals surface area contributed by atoms with E-state index in [4.69, 9.17) is 4.74 Å². The summed E-state index contributed by atoms with van der Waals surface area (Å²) in [7, 11) is 1.76. The Hall–Kier alpha value is -2.97. The van der Waals surface area contributed by atoms with Gasteiger partial charge in [0.05, 0.1) is 12.2 Å². The summed E-state index contributed by atoms with van der Waals surface area (Å²) in [5, 5.41) is 7.57. The molecule has 0 aliphatic carbocycles. The summed E-state index contributed by atoms with van der Waals surface area (Å²) in [6.07, 6.45) is 2.45. The van der Waals surface area contributed by atoms with Crippen molar-refractivity contribution in [3.05, 3.63) is 69.9 Å². The lowest BCUT2D eigenvalue weighted by atomic mass is 10.0. The molecule has 0 fully saturated rings. The molecule has 0 bridgehead atoms. The summed E-state index contributed by atoms with van der Waals surface area (Å²) < 4.78 is 6.86. The van der Waals surface area contributed by atoms with Gasteiger partial charge in [0.15, 0.2) is 5.69 Å². The lowest BCUT2D eigenvalue weighted by Crippen LogP contribution is -2.29. The number of nitrogens with zero attached hydrogens (tertiary/aromatic N) is 3. The maximum absolute atomic E-state index is 12.7. The third-order valence-electron chi connectivity index (χ3n) is 5.04. The summed E-state index contributed by atoms with van der Waals surface area (Å²) in [4.78, 5) is 28.8. The van der Waals surface area contributed by atoms with Crippen LogP contribution in [0, 0.1) is 0 Å². The third kappa shape index (κ3) is 4.29. The van der Waals surface area contributed by atoms with Gasteiger partial charge in [-0.3, -0.25) is 14.4 Å². The Bertz CT molecular complexity index is 1060. The molecular weight excluding hydrogens is 400 g/mol. The van der Waals surface area contributed by atoms with Crippen LogP contribution in [0.15, 0.2) is 42.6 Å². The number of ether oxygens (including phenoxy) is 1. The number of esters is 1. The van der Waals surface area contributed by atoms with Crippen LogP contribution in [-0.2, 0) is 31.3 Å². The lowest BCUT2D eigenvalue weighted by molar-refractivity contribution is 0.0526. The SMILES string of the molecule is CCOC(=O)c1c(NC(=O)c2ccn(C)n2)sc2c1CCN(Cc1ccccc1)C2. The minimum atomic E-state index is -0.386. The second-order valence-electron chi connectivity index (χ2n) is 7.20. The van der Waals surface area contributed by atoms with E-state index in [-0.39, 0.29) is 18.5 Å². The number of thiophene rings is 1. The van der Waals surface area contributed by atoms with Crippen LogP contribution in [0.4, 0.5) is 5.00 Å². The van der Waals surface area contributed by atoms with Crippen molar-refractivity contribution in [2.75, 3.05) is 18.5 Å². The second kappa shape index (κ2) is 8.81. The van der Waals surface area contributed by atoms with Crippen LogP contribution >= 0.6 is 11.3 Å². The Morgan fingerprint density at radius 1 is 1.23 bits per heavy atom. The molecule has 4 rings (SSSR count). The highest BCUT2D eigenvalue weighted by molar-refractivity contribution is 7.17. The molecule has 1 amide bonds. The van der Waals surface area contributed by atoms with Crippen molar-refractivity contribution < 1.29 is 14.3 Å². The van der Waals surface area contributed by atoms with Gasteiger partial charge in [0.1, 0.15) is 5.00 Å². The Morgan fingerprint density at radius 3 is 2.73 bits per heavy atom. The van der Waals surface area contributed by atoms with Crippen LogP contribution in [0.5, 0.6) is 0 Å². The van der Waals surface area contributed by atoms with Gasteiger partial charge in [-0.25, -0.2) is 4.79 Å². The van der Waals surface area contributed by atoms with E-state index in [9.17, 15) is 9.59 Å². The fourth-order valence-electron chi connectivity index (χ4n) is 3.64. The van der Waals surface area contributed by atoms with Crippen LogP contribution in [0.3, 0.4) is 0 Å². The number of nitrogens with one attached hydrogen (secondary N) is 1. The number of hydrogen-bond acceptors (Lipinski definition) is 6. The molecule has 0 saturated heterocycles. The van der Waals surface area contributed by atoms with Crippen LogP contribution in [-0.4, -0.2) is 39.7 Å². The van der Waals surface area contributed by atoms with Gasteiger partial charge in [-0.1, -0.05) is 30.3 Å². The zero-order valence-electron chi connectivity index (χ0n) is 17.1. The largest absolute Gasteiger partial charge is 0.462 e. The first-order valence-corrected chi connectivity index (χ1v) is 10.8. The van der Waals surface area contributed by atoms with Crippen molar-refractivity contribution in [3.63, 3.8) is 0 Å².